The van der Waals surface area contributed by atoms with Gasteiger partial charge in [0.25, 0.3) is 0 Å². The average molecular weight is 1570 g/mol. The number of hydrogen-bond donors (Lipinski definition) is 9. The Labute approximate surface area is 660 Å². The maximum Gasteiger partial charge on any atom is 0.317 e. The molecule has 0 bridgehead atoms. The van der Waals surface area contributed by atoms with Crippen molar-refractivity contribution in [3.8, 4) is 0 Å². The van der Waals surface area contributed by atoms with E-state index in [1.54, 1.807) is 9.80 Å². The fourth-order valence-electron chi connectivity index (χ4n) is 8.70. The number of carbonyl (C=O) groups is 4. The van der Waals surface area contributed by atoms with Crippen LogP contribution in [0.25, 0.3) is 0 Å². The van der Waals surface area contributed by atoms with Gasteiger partial charge in [-0.3, -0.25) is 38.9 Å². The first-order valence-corrected chi connectivity index (χ1v) is 37.0. The van der Waals surface area contributed by atoms with Crippen LogP contribution in [0.15, 0.2) is 4.99 Å². The van der Waals surface area contributed by atoms with E-state index in [-0.39, 0.29) is 133 Å². The number of thiocarbonyl (C=S) groups is 1. The normalized spacial score (nSPS) is 11.0. The molecule has 576 valence electrons. The predicted octanol–water partition coefficient (Wildman–Crippen LogP) is 10.1. The Hall–Kier alpha value is -2.39. The second kappa shape index (κ2) is 101. The molecule has 1 fully saturated rings. The molecule has 9 N–H and O–H groups in total. The van der Waals surface area contributed by atoms with Gasteiger partial charge in [-0.25, -0.2) is 4.98 Å². The number of hydrogen-bond acceptors (Lipinski definition) is 17. The standard InChI is InChI=1S/C17H31N3O7.C11H21N3.C10H23N.C8H14N4S.C7H17N.C6H14N2S.2C5H12.8Si/c1-3-4-5-18(11-15(22)23)6-7-19(12-16(24)25)8-9-20(10-14(2)21)13-17(26)27;1-2-3-7-13-9-5-10-14-8-4-6-12-11(13)14;1-3-5-7-8-10-11-9-6-4-2;1-3-4-5-9-7-10-6(2)11-8(13)12-7;1-3-5-7-8-6-4-2;1-3-4-5-8-6(9)7-2;2*1-3-5-4-2;;;;;;;;/h3-13H2,1-2H3,(H,22,23)(H,24,25)(H,26,27);2-10H2,1H3;11H,3-10H2,1-2H3;3-5H2,1-2H3,(H2,9,10,11,12,13);8H,3-7H2,1-2H3;3-5H2,1-2H3,(H2,7,8,9);2*3-5H2,1-2H3;;;;;;;;. The van der Waals surface area contributed by atoms with Crippen molar-refractivity contribution < 1.29 is 34.5 Å². The van der Waals surface area contributed by atoms with Gasteiger partial charge < -0.3 is 56.7 Å². The van der Waals surface area contributed by atoms with Crippen LogP contribution < -0.4 is 26.6 Å². The highest BCUT2D eigenvalue weighted by atomic mass is 32.1. The van der Waals surface area contributed by atoms with Crippen LogP contribution in [-0.4, -0.2) is 315 Å². The van der Waals surface area contributed by atoms with Crippen LogP contribution in [-0.2, 0) is 19.2 Å². The largest absolute Gasteiger partial charge is 0.480 e. The number of guanidine groups is 1. The lowest BCUT2D eigenvalue weighted by Crippen LogP contribution is -2.52. The number of unbranched alkanes of at least 4 members (excludes halogenated alkanes) is 13. The molecule has 0 spiro atoms. The molecule has 0 aromatic carbocycles. The van der Waals surface area contributed by atoms with Crippen molar-refractivity contribution in [2.45, 2.75) is 257 Å². The number of aryl methyl sites for hydroxylation is 1. The van der Waals surface area contributed by atoms with Crippen LogP contribution in [0.1, 0.15) is 256 Å². The Balaban J connectivity index is -0.0000000823. The molecular formula is C69H144N14O7S2Si8. The lowest BCUT2D eigenvalue weighted by Gasteiger charge is -2.41. The first kappa shape index (κ1) is 127. The van der Waals surface area contributed by atoms with Gasteiger partial charge in [0.2, 0.25) is 10.7 Å². The Morgan fingerprint density at radius 3 is 1.33 bits per heavy atom. The maximum absolute atomic E-state index is 11.3. The zero-order chi connectivity index (χ0) is 70.3. The number of aliphatic imine (C=N–C) groups is 1. The second-order valence-electron chi connectivity index (χ2n) is 23.4. The summed E-state index contributed by atoms with van der Waals surface area (Å²) in [5.41, 5.74) is 0. The third-order valence-electron chi connectivity index (χ3n) is 14.0. The monoisotopic (exact) mass is 1570 g/mol. The molecule has 32 radical (unpaired) electrons. The molecule has 1 aromatic heterocycles. The minimum atomic E-state index is -1.06. The summed E-state index contributed by atoms with van der Waals surface area (Å²) in [6, 6.07) is 0. The average Bonchev–Trinajstić information content (AvgIpc) is 0.836. The highest BCUT2D eigenvalue weighted by Gasteiger charge is 2.25. The van der Waals surface area contributed by atoms with E-state index in [1.807, 2.05) is 20.9 Å². The summed E-state index contributed by atoms with van der Waals surface area (Å²) in [7, 11) is 1.82. The third kappa shape index (κ3) is 97.7. The molecule has 0 unspecified atom stereocenters. The van der Waals surface area contributed by atoms with Crippen LogP contribution >= 0.6 is 24.4 Å². The minimum Gasteiger partial charge on any atom is -0.480 e. The molecule has 3 heterocycles. The van der Waals surface area contributed by atoms with Crippen LogP contribution in [0.2, 0.25) is 0 Å². The van der Waals surface area contributed by atoms with Gasteiger partial charge >= 0.3 is 17.9 Å². The van der Waals surface area contributed by atoms with E-state index in [0.717, 1.165) is 56.3 Å². The molecule has 0 saturated carbocycles. The van der Waals surface area contributed by atoms with Crippen LogP contribution in [0.3, 0.4) is 0 Å². The number of nitrogens with zero attached hydrogens (tertiary/aromatic N) is 8. The van der Waals surface area contributed by atoms with E-state index in [2.05, 4.69) is 132 Å². The third-order valence-corrected chi connectivity index (χ3v) is 14.5. The number of H-pyrrole nitrogens is 1. The molecule has 31 heteroatoms. The molecule has 100 heavy (non-hydrogen) atoms. The number of carbonyl (C=O) groups excluding carboxylic acids is 1. The van der Waals surface area contributed by atoms with Gasteiger partial charge in [-0.2, -0.15) is 4.98 Å². The molecule has 0 atom stereocenters. The van der Waals surface area contributed by atoms with E-state index in [1.165, 1.54) is 205 Å². The number of aromatic nitrogens is 3. The van der Waals surface area contributed by atoms with Crippen molar-refractivity contribution in [2.24, 2.45) is 4.99 Å². The zero-order valence-electron chi connectivity index (χ0n) is 65.7. The van der Waals surface area contributed by atoms with Crippen molar-refractivity contribution in [3.63, 3.8) is 0 Å². The first-order chi connectivity index (χ1) is 44.2. The van der Waals surface area contributed by atoms with E-state index in [0.29, 0.717) is 30.4 Å². The smallest absolute Gasteiger partial charge is 0.317 e. The SMILES string of the molecule is CCCCC.CCCCC.CCCCCCNCCCC.CCCCN(CCN(CCN(CC(C)=O)CC(=O)O)CC(=O)O)CC(=O)O.CCCCN1CCCN2CCCN=C12.CCCCNC(=S)NC.CCCCNCCC.CCCCNc1nc(=S)nc(C)[nH]1.[Si].[Si].[Si].[Si].[Si].[Si].[Si].[Si]. The Morgan fingerprint density at radius 2 is 0.900 bits per heavy atom. The van der Waals surface area contributed by atoms with Gasteiger partial charge in [0.1, 0.15) is 11.6 Å². The number of carboxylic acids is 3. The van der Waals surface area contributed by atoms with Crippen LogP contribution in [0.4, 0.5) is 5.95 Å². The molecule has 21 nitrogen and oxygen atoms in total. The molecule has 2 aliphatic rings. The topological polar surface area (TPSA) is 259 Å². The Bertz CT molecular complexity index is 1910. The Morgan fingerprint density at radius 1 is 0.480 bits per heavy atom. The summed E-state index contributed by atoms with van der Waals surface area (Å²) in [4.78, 5) is 69.7. The lowest BCUT2D eigenvalue weighted by atomic mass is 10.2. The fraction of sp³-hybridized carbons (Fsp3) is 0.870. The van der Waals surface area contributed by atoms with Gasteiger partial charge in [-0.15, -0.1) is 0 Å². The maximum atomic E-state index is 11.3. The number of Topliss-reactive ketones (excluding diaryl/α,β-unsaturated/α-hetero) is 1. The number of carboxylic acid groups (broad SMARTS) is 3. The Kier molecular flexibility index (Phi) is 128. The van der Waals surface area contributed by atoms with Crippen molar-refractivity contribution in [3.05, 3.63) is 10.6 Å². The number of rotatable bonds is 44. The van der Waals surface area contributed by atoms with E-state index in [4.69, 9.17) is 39.8 Å². The second-order valence-corrected chi connectivity index (χ2v) is 24.2. The highest BCUT2D eigenvalue weighted by Crippen LogP contribution is 2.14. The number of aromatic amines is 1. The lowest BCUT2D eigenvalue weighted by molar-refractivity contribution is -0.140. The number of fused-ring (bicyclic) bond motifs is 1. The van der Waals surface area contributed by atoms with E-state index in [9.17, 15) is 19.2 Å². The number of ketones is 1. The summed E-state index contributed by atoms with van der Waals surface area (Å²) in [6.07, 6.45) is 31.7. The number of nitrogens with one attached hydrogen (secondary N) is 6. The van der Waals surface area contributed by atoms with Crippen LogP contribution in [0, 0.1) is 11.7 Å². The summed E-state index contributed by atoms with van der Waals surface area (Å²) < 4.78 is 0.384. The summed E-state index contributed by atoms with van der Waals surface area (Å²) >= 11 is 9.73. The number of aliphatic carboxylic acids is 3. The molecule has 0 aliphatic carbocycles. The van der Waals surface area contributed by atoms with Crippen molar-refractivity contribution in [2.75, 3.05) is 143 Å². The molecule has 1 aromatic rings. The summed E-state index contributed by atoms with van der Waals surface area (Å²) in [6.45, 7) is 43.3. The van der Waals surface area contributed by atoms with Crippen molar-refractivity contribution in [1.82, 2.24) is 60.7 Å². The minimum absolute atomic E-state index is 0. The van der Waals surface area contributed by atoms with Gasteiger partial charge in [0.15, 0.2) is 11.1 Å². The van der Waals surface area contributed by atoms with Crippen LogP contribution in [0.5, 0.6) is 0 Å². The van der Waals surface area contributed by atoms with Gasteiger partial charge in [-0.05, 0) is 135 Å². The fourth-order valence-corrected chi connectivity index (χ4v) is 9.03. The molecule has 0 amide bonds. The van der Waals surface area contributed by atoms with E-state index >= 15 is 0 Å². The van der Waals surface area contributed by atoms with Gasteiger partial charge in [0, 0.05) is 167 Å². The van der Waals surface area contributed by atoms with Gasteiger partial charge in [0.05, 0.1) is 26.2 Å². The summed E-state index contributed by atoms with van der Waals surface area (Å²) in [5, 5.41) is 43.6. The molecule has 2 aliphatic heterocycles. The quantitative estimate of drug-likeness (QED) is 0.0167. The van der Waals surface area contributed by atoms with Crippen molar-refractivity contribution in [1.29, 1.82) is 0 Å². The molecular weight excluding hydrogens is 1430 g/mol. The highest BCUT2D eigenvalue weighted by molar-refractivity contribution is 7.80. The molecule has 3 rings (SSSR count). The van der Waals surface area contributed by atoms with Crippen molar-refractivity contribution >= 4 is 153 Å². The van der Waals surface area contributed by atoms with Gasteiger partial charge in [-0.1, -0.05) is 179 Å². The first-order valence-electron chi connectivity index (χ1n) is 36.2. The predicted molar refractivity (Wildman–Crippen MR) is 444 cm³/mol. The zero-order valence-corrected chi connectivity index (χ0v) is 75.3. The van der Waals surface area contributed by atoms with E-state index < -0.39 is 17.9 Å². The molecule has 1 saturated heterocycles. The number of anilines is 1. The summed E-state index contributed by atoms with van der Waals surface area (Å²) in [5.74, 6) is -0.406.